The van der Waals surface area contributed by atoms with Crippen LogP contribution in [-0.4, -0.2) is 16.1 Å². The second-order valence-corrected chi connectivity index (χ2v) is 8.81. The molecule has 0 saturated carbocycles. The maximum atomic E-state index is 11.5. The van der Waals surface area contributed by atoms with Gasteiger partial charge in [0.15, 0.2) is 0 Å². The van der Waals surface area contributed by atoms with Crippen molar-refractivity contribution in [1.82, 2.24) is 4.98 Å². The molecule has 148 valence electrons. The van der Waals surface area contributed by atoms with Crippen LogP contribution >= 0.6 is 11.8 Å². The van der Waals surface area contributed by atoms with E-state index in [1.165, 1.54) is 39.3 Å². The lowest BCUT2D eigenvalue weighted by Gasteiger charge is -2.26. The van der Waals surface area contributed by atoms with Gasteiger partial charge in [0.1, 0.15) is 0 Å². The number of fused-ring (bicyclic) bond motifs is 1. The van der Waals surface area contributed by atoms with Gasteiger partial charge < -0.3 is 5.11 Å². The molecule has 0 radical (unpaired) electrons. The number of aromatic nitrogens is 1. The Morgan fingerprint density at radius 2 is 2.07 bits per heavy atom. The fourth-order valence-corrected chi connectivity index (χ4v) is 5.18. The molecule has 0 spiro atoms. The van der Waals surface area contributed by atoms with E-state index in [1.54, 1.807) is 18.5 Å². The highest BCUT2D eigenvalue weighted by Gasteiger charge is 2.21. The number of aromatic carboxylic acids is 1. The molecule has 0 saturated heterocycles. The first kappa shape index (κ1) is 19.7. The predicted octanol–water partition coefficient (Wildman–Crippen LogP) is 6.29. The zero-order chi connectivity index (χ0) is 20.2. The van der Waals surface area contributed by atoms with Crippen molar-refractivity contribution in [2.45, 2.75) is 54.7 Å². The number of hydrogen-bond acceptors (Lipinski definition) is 3. The van der Waals surface area contributed by atoms with Gasteiger partial charge in [0.2, 0.25) is 0 Å². The summed E-state index contributed by atoms with van der Waals surface area (Å²) < 4.78 is 0. The van der Waals surface area contributed by atoms with Crippen LogP contribution < -0.4 is 0 Å². The van der Waals surface area contributed by atoms with Gasteiger partial charge in [-0.05, 0) is 91.5 Å². The van der Waals surface area contributed by atoms with Crippen molar-refractivity contribution in [2.75, 3.05) is 0 Å². The number of pyridine rings is 1. The van der Waals surface area contributed by atoms with E-state index in [9.17, 15) is 9.90 Å². The number of aryl methyl sites for hydroxylation is 3. The third-order valence-corrected chi connectivity index (χ3v) is 6.94. The van der Waals surface area contributed by atoms with Gasteiger partial charge in [0.05, 0.1) is 5.56 Å². The van der Waals surface area contributed by atoms with Crippen molar-refractivity contribution in [3.05, 3.63) is 88.7 Å². The van der Waals surface area contributed by atoms with Crippen LogP contribution in [0.5, 0.6) is 0 Å². The summed E-state index contributed by atoms with van der Waals surface area (Å²) >= 11 is 1.83. The third kappa shape index (κ3) is 4.54. The van der Waals surface area contributed by atoms with Gasteiger partial charge in [-0.3, -0.25) is 4.98 Å². The Bertz CT molecular complexity index is 1030. The predicted molar refractivity (Wildman–Crippen MR) is 117 cm³/mol. The normalized spacial score (nSPS) is 15.7. The first-order valence-electron chi connectivity index (χ1n) is 10.1. The molecule has 0 bridgehead atoms. The van der Waals surface area contributed by atoms with Crippen LogP contribution in [0.15, 0.2) is 70.7 Å². The molecule has 4 rings (SSSR count). The van der Waals surface area contributed by atoms with Crippen LogP contribution in [-0.2, 0) is 12.8 Å². The summed E-state index contributed by atoms with van der Waals surface area (Å²) in [5.74, 6) is -0.387. The van der Waals surface area contributed by atoms with Crippen LogP contribution in [0.3, 0.4) is 0 Å². The highest BCUT2D eigenvalue weighted by molar-refractivity contribution is 7.99. The first-order valence-corrected chi connectivity index (χ1v) is 11.0. The molecule has 4 heteroatoms. The van der Waals surface area contributed by atoms with E-state index in [2.05, 4.69) is 54.4 Å². The molecule has 0 aliphatic heterocycles. The summed E-state index contributed by atoms with van der Waals surface area (Å²) in [4.78, 5) is 18.2. The Morgan fingerprint density at radius 3 is 2.90 bits per heavy atom. The Labute approximate surface area is 176 Å². The highest BCUT2D eigenvalue weighted by atomic mass is 32.2. The highest BCUT2D eigenvalue weighted by Crippen LogP contribution is 2.38. The maximum absolute atomic E-state index is 11.5. The second-order valence-electron chi connectivity index (χ2n) is 7.69. The molecule has 0 unspecified atom stereocenters. The van der Waals surface area contributed by atoms with Crippen LogP contribution in [0.2, 0.25) is 0 Å². The van der Waals surface area contributed by atoms with Crippen LogP contribution in [0, 0.1) is 6.92 Å². The third-order valence-electron chi connectivity index (χ3n) is 5.77. The molecule has 3 nitrogen and oxygen atoms in total. The minimum Gasteiger partial charge on any atom is -0.478 e. The summed E-state index contributed by atoms with van der Waals surface area (Å²) in [6, 6.07) is 17.0. The standard InChI is InChI=1S/C25H25NO2S/c1-17-5-2-3-8-24(17)29-21-11-12-22-18(6-4-7-19(22)15-21)9-10-20-16-26-14-13-23(20)25(27)28/h2-3,5,8,11-16,18H,4,6-7,9-10H2,1H3,(H,27,28)/t18-/m1/s1. The summed E-state index contributed by atoms with van der Waals surface area (Å²) in [7, 11) is 0. The Hall–Kier alpha value is -2.59. The SMILES string of the molecule is Cc1ccccc1Sc1ccc2c(c1)CCC[C@@H]2CCc1cnccc1C(=O)O. The lowest BCUT2D eigenvalue weighted by molar-refractivity contribution is 0.0695. The van der Waals surface area contributed by atoms with E-state index in [1.807, 2.05) is 11.8 Å². The number of carbonyl (C=O) groups is 1. The quantitative estimate of drug-likeness (QED) is 0.525. The van der Waals surface area contributed by atoms with Crippen LogP contribution in [0.1, 0.15) is 57.8 Å². The molecule has 1 aliphatic rings. The molecular formula is C25H25NO2S. The van der Waals surface area contributed by atoms with Gasteiger partial charge in [-0.1, -0.05) is 36.0 Å². The molecule has 2 aromatic carbocycles. The topological polar surface area (TPSA) is 50.2 Å². The monoisotopic (exact) mass is 403 g/mol. The number of benzene rings is 2. The van der Waals surface area contributed by atoms with E-state index in [-0.39, 0.29) is 0 Å². The molecule has 1 heterocycles. The van der Waals surface area contributed by atoms with Crippen molar-refractivity contribution in [3.8, 4) is 0 Å². The lowest BCUT2D eigenvalue weighted by atomic mass is 9.80. The molecule has 1 aromatic heterocycles. The van der Waals surface area contributed by atoms with E-state index in [0.717, 1.165) is 24.8 Å². The van der Waals surface area contributed by atoms with Crippen molar-refractivity contribution < 1.29 is 9.90 Å². The molecule has 0 amide bonds. The molecule has 0 fully saturated rings. The Morgan fingerprint density at radius 1 is 1.21 bits per heavy atom. The van der Waals surface area contributed by atoms with E-state index in [0.29, 0.717) is 11.5 Å². The zero-order valence-corrected chi connectivity index (χ0v) is 17.4. The average Bonchev–Trinajstić information content (AvgIpc) is 2.74. The van der Waals surface area contributed by atoms with Gasteiger partial charge in [0.25, 0.3) is 0 Å². The average molecular weight is 404 g/mol. The molecule has 1 N–H and O–H groups in total. The van der Waals surface area contributed by atoms with E-state index in [4.69, 9.17) is 0 Å². The number of carboxylic acid groups (broad SMARTS) is 1. The van der Waals surface area contributed by atoms with Crippen LogP contribution in [0.4, 0.5) is 0 Å². The number of nitrogens with zero attached hydrogens (tertiary/aromatic N) is 1. The molecular weight excluding hydrogens is 378 g/mol. The van der Waals surface area contributed by atoms with Crippen molar-refractivity contribution >= 4 is 17.7 Å². The fraction of sp³-hybridized carbons (Fsp3) is 0.280. The van der Waals surface area contributed by atoms with Gasteiger partial charge in [-0.15, -0.1) is 0 Å². The summed E-state index contributed by atoms with van der Waals surface area (Å²) in [6.45, 7) is 2.15. The van der Waals surface area contributed by atoms with Gasteiger partial charge in [-0.2, -0.15) is 0 Å². The number of carboxylic acids is 1. The van der Waals surface area contributed by atoms with E-state index < -0.39 is 5.97 Å². The summed E-state index contributed by atoms with van der Waals surface area (Å²) in [5, 5.41) is 9.40. The largest absolute Gasteiger partial charge is 0.478 e. The van der Waals surface area contributed by atoms with Crippen molar-refractivity contribution in [3.63, 3.8) is 0 Å². The maximum Gasteiger partial charge on any atom is 0.336 e. The molecule has 3 aromatic rings. The van der Waals surface area contributed by atoms with Gasteiger partial charge >= 0.3 is 5.97 Å². The van der Waals surface area contributed by atoms with Crippen molar-refractivity contribution in [2.24, 2.45) is 0 Å². The minimum atomic E-state index is -0.871. The summed E-state index contributed by atoms with van der Waals surface area (Å²) in [6.07, 6.45) is 8.45. The lowest BCUT2D eigenvalue weighted by Crippen LogP contribution is -2.12. The van der Waals surface area contributed by atoms with E-state index >= 15 is 0 Å². The molecule has 1 aliphatic carbocycles. The Kier molecular flexibility index (Phi) is 6.00. The fourth-order valence-electron chi connectivity index (χ4n) is 4.22. The van der Waals surface area contributed by atoms with Gasteiger partial charge in [-0.25, -0.2) is 4.79 Å². The van der Waals surface area contributed by atoms with Gasteiger partial charge in [0, 0.05) is 22.2 Å². The number of hydrogen-bond donors (Lipinski definition) is 1. The summed E-state index contributed by atoms with van der Waals surface area (Å²) in [5.41, 5.74) is 5.40. The minimum absolute atomic E-state index is 0.376. The molecule has 1 atom stereocenters. The second kappa shape index (κ2) is 8.83. The zero-order valence-electron chi connectivity index (χ0n) is 16.6. The molecule has 29 heavy (non-hydrogen) atoms. The number of rotatable bonds is 6. The van der Waals surface area contributed by atoms with Crippen LogP contribution in [0.25, 0.3) is 0 Å². The Balaban J connectivity index is 1.50. The smallest absolute Gasteiger partial charge is 0.336 e. The first-order chi connectivity index (χ1) is 14.1. The van der Waals surface area contributed by atoms with Crippen molar-refractivity contribution in [1.29, 1.82) is 0 Å².